The molecule has 4 heteroatoms. The molecular formula is C11H12FNO2. The van der Waals surface area contributed by atoms with Crippen molar-refractivity contribution in [2.24, 2.45) is 5.73 Å². The molecule has 0 spiro atoms. The van der Waals surface area contributed by atoms with E-state index < -0.39 is 0 Å². The maximum atomic E-state index is 13.2. The number of carbonyl (C=O) groups excluding carboxylic acids is 1. The molecule has 1 aliphatic carbocycles. The molecule has 2 rings (SSSR count). The summed E-state index contributed by atoms with van der Waals surface area (Å²) in [5, 5.41) is 0. The molecule has 2 N–H and O–H groups in total. The maximum Gasteiger partial charge on any atom is 0.185 e. The number of fused-ring (bicyclic) bond motifs is 1. The molecule has 0 unspecified atom stereocenters. The summed E-state index contributed by atoms with van der Waals surface area (Å²) in [7, 11) is 1.50. The zero-order chi connectivity index (χ0) is 11.3. The number of carbonyl (C=O) groups is 1. The summed E-state index contributed by atoms with van der Waals surface area (Å²) >= 11 is 0. The molecule has 0 atom stereocenters. The summed E-state index contributed by atoms with van der Waals surface area (Å²) in [4.78, 5) is 10.4. The van der Waals surface area contributed by atoms with Crippen molar-refractivity contribution in [3.8, 4) is 0 Å². The zero-order valence-electron chi connectivity index (χ0n) is 8.37. The summed E-state index contributed by atoms with van der Waals surface area (Å²) in [5.74, 6) is 0.227. The molecular weight excluding hydrogens is 197 g/mol. The molecule has 0 bridgehead atoms. The molecule has 0 radical (unpaired) electrons. The Morgan fingerprint density at radius 2 is 2.27 bits per heavy atom. The third-order valence-electron chi connectivity index (χ3n) is 1.86. The monoisotopic (exact) mass is 209 g/mol. The predicted octanol–water partition coefficient (Wildman–Crippen LogP) is 2.39. The normalized spacial score (nSPS) is 13.1. The number of furan rings is 1. The first-order valence-electron chi connectivity index (χ1n) is 4.50. The second-order valence-electron chi connectivity index (χ2n) is 2.73. The minimum Gasteiger partial charge on any atom is -0.453 e. The van der Waals surface area contributed by atoms with E-state index in [0.29, 0.717) is 24.0 Å². The van der Waals surface area contributed by atoms with Crippen LogP contribution >= 0.6 is 0 Å². The van der Waals surface area contributed by atoms with Gasteiger partial charge in [-0.2, -0.15) is 0 Å². The lowest BCUT2D eigenvalue weighted by molar-refractivity contribution is 0.110. The van der Waals surface area contributed by atoms with Crippen molar-refractivity contribution in [2.45, 2.75) is 6.42 Å². The molecule has 0 saturated carbocycles. The average Bonchev–Trinajstić information content (AvgIpc) is 2.63. The minimum atomic E-state index is -0.336. The third kappa shape index (κ3) is 2.41. The number of allylic oxidation sites excluding steroid dienone is 2. The van der Waals surface area contributed by atoms with Crippen molar-refractivity contribution in [1.29, 1.82) is 0 Å². The van der Waals surface area contributed by atoms with E-state index in [1.54, 1.807) is 12.2 Å². The minimum absolute atomic E-state index is 0.153. The molecule has 1 heterocycles. The smallest absolute Gasteiger partial charge is 0.185 e. The van der Waals surface area contributed by atoms with Crippen LogP contribution in [-0.4, -0.2) is 13.3 Å². The van der Waals surface area contributed by atoms with E-state index in [0.717, 1.165) is 0 Å². The first-order valence-corrected chi connectivity index (χ1v) is 4.50. The van der Waals surface area contributed by atoms with Gasteiger partial charge in [-0.25, -0.2) is 4.39 Å². The molecule has 80 valence electrons. The second-order valence-corrected chi connectivity index (χ2v) is 2.73. The molecule has 0 amide bonds. The van der Waals surface area contributed by atoms with Gasteiger partial charge in [0, 0.05) is 0 Å². The van der Waals surface area contributed by atoms with Crippen LogP contribution in [0, 0.1) is 0 Å². The lowest BCUT2D eigenvalue weighted by atomic mass is 10.2. The van der Waals surface area contributed by atoms with Crippen LogP contribution in [0.3, 0.4) is 0 Å². The molecule has 1 aromatic heterocycles. The molecule has 0 aromatic carbocycles. The summed E-state index contributed by atoms with van der Waals surface area (Å²) in [6.45, 7) is 0. The molecule has 0 aliphatic heterocycles. The standard InChI is InChI=1S/C10H7FO2.CH5N/c11-9-3-1-2-4-10-8(9)5-7(6-12)13-10;1-2/h2-6H,1H2;2H2,1H3. The number of rotatable bonds is 1. The van der Waals surface area contributed by atoms with Gasteiger partial charge in [0.25, 0.3) is 0 Å². The van der Waals surface area contributed by atoms with Crippen molar-refractivity contribution in [3.05, 3.63) is 35.3 Å². The van der Waals surface area contributed by atoms with Gasteiger partial charge in [0.2, 0.25) is 0 Å². The Balaban J connectivity index is 0.000000531. The van der Waals surface area contributed by atoms with Crippen molar-refractivity contribution in [1.82, 2.24) is 0 Å². The van der Waals surface area contributed by atoms with Crippen molar-refractivity contribution in [2.75, 3.05) is 7.05 Å². The average molecular weight is 209 g/mol. The van der Waals surface area contributed by atoms with E-state index in [1.807, 2.05) is 0 Å². The van der Waals surface area contributed by atoms with E-state index in [2.05, 4.69) is 5.73 Å². The van der Waals surface area contributed by atoms with Crippen molar-refractivity contribution in [3.63, 3.8) is 0 Å². The fourth-order valence-corrected chi connectivity index (χ4v) is 1.25. The fraction of sp³-hybridized carbons (Fsp3) is 0.182. The molecule has 0 fully saturated rings. The van der Waals surface area contributed by atoms with Gasteiger partial charge in [0.1, 0.15) is 11.6 Å². The highest BCUT2D eigenvalue weighted by atomic mass is 19.1. The van der Waals surface area contributed by atoms with Gasteiger partial charge in [-0.05, 0) is 31.7 Å². The van der Waals surface area contributed by atoms with Gasteiger partial charge in [-0.1, -0.05) is 6.08 Å². The Morgan fingerprint density at radius 1 is 1.53 bits per heavy atom. The maximum absolute atomic E-state index is 13.2. The van der Waals surface area contributed by atoms with Crippen LogP contribution in [0.2, 0.25) is 0 Å². The second kappa shape index (κ2) is 5.26. The lowest BCUT2D eigenvalue weighted by Crippen LogP contribution is -1.74. The quantitative estimate of drug-likeness (QED) is 0.722. The molecule has 1 aliphatic rings. The van der Waals surface area contributed by atoms with Crippen LogP contribution in [0.1, 0.15) is 28.3 Å². The van der Waals surface area contributed by atoms with Gasteiger partial charge in [-0.3, -0.25) is 4.79 Å². The van der Waals surface area contributed by atoms with E-state index >= 15 is 0 Å². The Bertz CT molecular complexity index is 405. The SMILES string of the molecule is CN.O=Cc1cc2c(o1)C=CCC=C2F. The zero-order valence-corrected chi connectivity index (χ0v) is 8.37. The number of nitrogens with two attached hydrogens (primary N) is 1. The highest BCUT2D eigenvalue weighted by molar-refractivity contribution is 5.78. The van der Waals surface area contributed by atoms with Gasteiger partial charge in [-0.15, -0.1) is 0 Å². The van der Waals surface area contributed by atoms with Gasteiger partial charge < -0.3 is 10.2 Å². The summed E-state index contributed by atoms with van der Waals surface area (Å²) in [6, 6.07) is 1.41. The van der Waals surface area contributed by atoms with Crippen LogP contribution in [0.4, 0.5) is 4.39 Å². The van der Waals surface area contributed by atoms with Gasteiger partial charge >= 0.3 is 0 Å². The first-order chi connectivity index (χ1) is 7.31. The summed E-state index contributed by atoms with van der Waals surface area (Å²) in [5.41, 5.74) is 4.86. The van der Waals surface area contributed by atoms with Crippen molar-refractivity contribution >= 4 is 18.2 Å². The van der Waals surface area contributed by atoms with Crippen LogP contribution < -0.4 is 5.73 Å². The highest BCUT2D eigenvalue weighted by Gasteiger charge is 2.13. The number of hydrogen-bond donors (Lipinski definition) is 1. The van der Waals surface area contributed by atoms with E-state index in [9.17, 15) is 9.18 Å². The lowest BCUT2D eigenvalue weighted by Gasteiger charge is -1.89. The van der Waals surface area contributed by atoms with Crippen LogP contribution in [-0.2, 0) is 0 Å². The number of aldehydes is 1. The Morgan fingerprint density at radius 3 is 2.93 bits per heavy atom. The van der Waals surface area contributed by atoms with E-state index in [1.165, 1.54) is 19.2 Å². The van der Waals surface area contributed by atoms with Gasteiger partial charge in [0.05, 0.1) is 5.56 Å². The third-order valence-corrected chi connectivity index (χ3v) is 1.86. The molecule has 15 heavy (non-hydrogen) atoms. The first kappa shape index (κ1) is 11.4. The van der Waals surface area contributed by atoms with Crippen molar-refractivity contribution < 1.29 is 13.6 Å². The number of halogens is 1. The Labute approximate surface area is 87.1 Å². The van der Waals surface area contributed by atoms with Crippen LogP contribution in [0.5, 0.6) is 0 Å². The van der Waals surface area contributed by atoms with E-state index in [-0.39, 0.29) is 11.6 Å². The van der Waals surface area contributed by atoms with E-state index in [4.69, 9.17) is 4.42 Å². The largest absolute Gasteiger partial charge is 0.453 e. The van der Waals surface area contributed by atoms with Crippen LogP contribution in [0.15, 0.2) is 22.6 Å². The molecule has 1 aromatic rings. The van der Waals surface area contributed by atoms with Crippen LogP contribution in [0.25, 0.3) is 11.9 Å². The summed E-state index contributed by atoms with van der Waals surface area (Å²) < 4.78 is 18.3. The Kier molecular flexibility index (Phi) is 4.00. The molecule has 0 saturated heterocycles. The highest BCUT2D eigenvalue weighted by Crippen LogP contribution is 2.27. The topological polar surface area (TPSA) is 56.2 Å². The summed E-state index contributed by atoms with van der Waals surface area (Å²) in [6.07, 6.45) is 6.02. The predicted molar refractivity (Wildman–Crippen MR) is 56.9 cm³/mol. The van der Waals surface area contributed by atoms with Gasteiger partial charge in [0.15, 0.2) is 12.0 Å². The fourth-order valence-electron chi connectivity index (χ4n) is 1.25. The number of hydrogen-bond acceptors (Lipinski definition) is 3. The molecule has 3 nitrogen and oxygen atoms in total. The Hall–Kier alpha value is -1.68.